The number of rotatable bonds is 6. The first-order chi connectivity index (χ1) is 10.6. The van der Waals surface area contributed by atoms with Crippen LogP contribution in [0.4, 0.5) is 0 Å². The number of hydrogen-bond acceptors (Lipinski definition) is 4. The maximum absolute atomic E-state index is 11.6. The highest BCUT2D eigenvalue weighted by Gasteiger charge is 2.09. The number of hydrogen-bond donors (Lipinski definition) is 0. The summed E-state index contributed by atoms with van der Waals surface area (Å²) < 4.78 is 11.9. The Kier molecular flexibility index (Phi) is 5.14. The molecule has 5 nitrogen and oxygen atoms in total. The molecule has 0 unspecified atom stereocenters. The molecule has 0 aliphatic carbocycles. The van der Waals surface area contributed by atoms with E-state index in [4.69, 9.17) is 4.74 Å². The Morgan fingerprint density at radius 3 is 2.36 bits per heavy atom. The topological polar surface area (TPSA) is 57.5 Å². The Hall–Kier alpha value is -2.82. The Balaban J connectivity index is 2.47. The van der Waals surface area contributed by atoms with Gasteiger partial charge >= 0.3 is 0 Å². The van der Waals surface area contributed by atoms with Crippen LogP contribution in [0.5, 0.6) is 0 Å². The molecule has 0 N–H and O–H groups in total. The van der Waals surface area contributed by atoms with Gasteiger partial charge in [-0.05, 0) is 19.4 Å². The fourth-order valence-electron chi connectivity index (χ4n) is 2.19. The Morgan fingerprint density at radius 1 is 1.14 bits per heavy atom. The molecular formula is C17H17NO4. The molecule has 2 aromatic rings. The predicted molar refractivity (Wildman–Crippen MR) is 83.9 cm³/mol. The van der Waals surface area contributed by atoms with Gasteiger partial charge in [0.1, 0.15) is 0 Å². The second kappa shape index (κ2) is 7.26. The lowest BCUT2D eigenvalue weighted by molar-refractivity contribution is -0.136. The van der Waals surface area contributed by atoms with E-state index in [0.717, 1.165) is 17.0 Å². The fourth-order valence-corrected chi connectivity index (χ4v) is 2.19. The average molecular weight is 299 g/mol. The van der Waals surface area contributed by atoms with Crippen molar-refractivity contribution in [3.63, 3.8) is 0 Å². The molecule has 0 fully saturated rings. The summed E-state index contributed by atoms with van der Waals surface area (Å²) in [6, 6.07) is 12.6. The van der Waals surface area contributed by atoms with E-state index in [2.05, 4.69) is 4.74 Å². The van der Waals surface area contributed by atoms with Crippen LogP contribution in [0.15, 0.2) is 47.3 Å². The number of ether oxygens (including phenoxy) is 2. The summed E-state index contributed by atoms with van der Waals surface area (Å²) >= 11 is 0. The minimum Gasteiger partial charge on any atom is -0.442 e. The number of aryl methyl sites for hydroxylation is 2. The maximum atomic E-state index is 11.6. The number of carbonyl (C=O) groups is 1. The molecule has 2 rings (SSSR count). The van der Waals surface area contributed by atoms with Gasteiger partial charge in [-0.25, -0.2) is 0 Å². The molecule has 0 saturated heterocycles. The Labute approximate surface area is 128 Å². The quantitative estimate of drug-likeness (QED) is 0.356. The second-order valence-corrected chi connectivity index (χ2v) is 4.73. The molecule has 1 aromatic heterocycles. The van der Waals surface area contributed by atoms with E-state index >= 15 is 0 Å². The molecule has 22 heavy (non-hydrogen) atoms. The molecule has 0 amide bonds. The zero-order valence-corrected chi connectivity index (χ0v) is 12.5. The Morgan fingerprint density at radius 2 is 1.77 bits per heavy atom. The molecule has 0 saturated carbocycles. The van der Waals surface area contributed by atoms with Crippen molar-refractivity contribution in [3.05, 3.63) is 69.6 Å². The lowest BCUT2D eigenvalue weighted by atomic mass is 10.2. The SMILES string of the molecule is Cc1cc(=O)cc(C)n1C(=Cc1ccccc1)OCOC=O. The summed E-state index contributed by atoms with van der Waals surface area (Å²) in [5, 5.41) is 0. The van der Waals surface area contributed by atoms with Crippen molar-refractivity contribution in [1.82, 2.24) is 4.57 Å². The minimum atomic E-state index is -0.201. The van der Waals surface area contributed by atoms with Crippen LogP contribution < -0.4 is 5.43 Å². The molecule has 114 valence electrons. The number of benzene rings is 1. The van der Waals surface area contributed by atoms with E-state index in [0.29, 0.717) is 12.4 Å². The van der Waals surface area contributed by atoms with Gasteiger partial charge in [0.15, 0.2) is 5.43 Å². The highest BCUT2D eigenvalue weighted by atomic mass is 16.7. The normalized spacial score (nSPS) is 11.1. The van der Waals surface area contributed by atoms with Crippen LogP contribution in [0.25, 0.3) is 12.0 Å². The van der Waals surface area contributed by atoms with Gasteiger partial charge in [0.25, 0.3) is 6.47 Å². The number of aromatic nitrogens is 1. The molecule has 0 atom stereocenters. The summed E-state index contributed by atoms with van der Waals surface area (Å²) in [5.74, 6) is 0.475. The molecule has 0 radical (unpaired) electrons. The van der Waals surface area contributed by atoms with Gasteiger partial charge in [0.2, 0.25) is 12.7 Å². The minimum absolute atomic E-state index is 0.0607. The van der Waals surface area contributed by atoms with Crippen molar-refractivity contribution in [2.45, 2.75) is 13.8 Å². The van der Waals surface area contributed by atoms with Crippen LogP contribution in [0.1, 0.15) is 17.0 Å². The van der Waals surface area contributed by atoms with E-state index in [1.807, 2.05) is 50.3 Å². The maximum Gasteiger partial charge on any atom is 0.295 e. The van der Waals surface area contributed by atoms with Gasteiger partial charge in [-0.3, -0.25) is 14.2 Å². The van der Waals surface area contributed by atoms with Gasteiger partial charge in [-0.2, -0.15) is 0 Å². The van der Waals surface area contributed by atoms with Crippen molar-refractivity contribution in [1.29, 1.82) is 0 Å². The first-order valence-corrected chi connectivity index (χ1v) is 6.77. The molecular weight excluding hydrogens is 282 g/mol. The van der Waals surface area contributed by atoms with Gasteiger partial charge in [-0.1, -0.05) is 30.3 Å². The van der Waals surface area contributed by atoms with Crippen molar-refractivity contribution < 1.29 is 14.3 Å². The first-order valence-electron chi connectivity index (χ1n) is 6.77. The van der Waals surface area contributed by atoms with Crippen molar-refractivity contribution in [3.8, 4) is 0 Å². The predicted octanol–water partition coefficient (Wildman–Crippen LogP) is 2.57. The van der Waals surface area contributed by atoms with Gasteiger partial charge in [0, 0.05) is 29.6 Å². The van der Waals surface area contributed by atoms with Gasteiger partial charge in [-0.15, -0.1) is 0 Å². The Bertz CT molecular complexity index is 706. The van der Waals surface area contributed by atoms with Crippen LogP contribution in [-0.2, 0) is 14.3 Å². The lowest BCUT2D eigenvalue weighted by Gasteiger charge is -2.18. The molecule has 0 bridgehead atoms. The van der Waals surface area contributed by atoms with Crippen LogP contribution in [0, 0.1) is 13.8 Å². The summed E-state index contributed by atoms with van der Waals surface area (Å²) in [6.07, 6.45) is 1.82. The van der Waals surface area contributed by atoms with E-state index in [1.165, 1.54) is 12.1 Å². The molecule has 5 heteroatoms. The first kappa shape index (κ1) is 15.6. The fraction of sp³-hybridized carbons (Fsp3) is 0.176. The third kappa shape index (κ3) is 3.85. The van der Waals surface area contributed by atoms with Crippen molar-refractivity contribution in [2.24, 2.45) is 0 Å². The smallest absolute Gasteiger partial charge is 0.295 e. The zero-order chi connectivity index (χ0) is 15.9. The summed E-state index contributed by atoms with van der Waals surface area (Å²) in [5.41, 5.74) is 2.34. The number of nitrogens with zero attached hydrogens (tertiary/aromatic N) is 1. The van der Waals surface area contributed by atoms with E-state index in [-0.39, 0.29) is 12.2 Å². The van der Waals surface area contributed by atoms with Crippen LogP contribution in [0.2, 0.25) is 0 Å². The third-order valence-electron chi connectivity index (χ3n) is 3.06. The van der Waals surface area contributed by atoms with Crippen LogP contribution >= 0.6 is 0 Å². The average Bonchev–Trinajstić information content (AvgIpc) is 2.47. The number of pyridine rings is 1. The van der Waals surface area contributed by atoms with E-state index < -0.39 is 0 Å². The second-order valence-electron chi connectivity index (χ2n) is 4.73. The van der Waals surface area contributed by atoms with E-state index in [1.54, 1.807) is 4.57 Å². The van der Waals surface area contributed by atoms with Crippen molar-refractivity contribution >= 4 is 18.4 Å². The lowest BCUT2D eigenvalue weighted by Crippen LogP contribution is -2.15. The van der Waals surface area contributed by atoms with Gasteiger partial charge < -0.3 is 9.47 Å². The molecule has 1 aromatic carbocycles. The summed E-state index contributed by atoms with van der Waals surface area (Å²) in [4.78, 5) is 21.8. The summed E-state index contributed by atoms with van der Waals surface area (Å²) in [6.45, 7) is 3.76. The van der Waals surface area contributed by atoms with Gasteiger partial charge in [0.05, 0.1) is 0 Å². The molecule has 1 heterocycles. The highest BCUT2D eigenvalue weighted by Crippen LogP contribution is 2.17. The van der Waals surface area contributed by atoms with Crippen LogP contribution in [-0.4, -0.2) is 17.8 Å². The molecule has 0 spiro atoms. The van der Waals surface area contributed by atoms with Crippen molar-refractivity contribution in [2.75, 3.05) is 6.79 Å². The molecule has 0 aliphatic rings. The monoisotopic (exact) mass is 299 g/mol. The third-order valence-corrected chi connectivity index (χ3v) is 3.06. The largest absolute Gasteiger partial charge is 0.442 e. The van der Waals surface area contributed by atoms with E-state index in [9.17, 15) is 9.59 Å². The highest BCUT2D eigenvalue weighted by molar-refractivity contribution is 5.67. The summed E-state index contributed by atoms with van der Waals surface area (Å²) in [7, 11) is 0. The zero-order valence-electron chi connectivity index (χ0n) is 12.5. The van der Waals surface area contributed by atoms with Crippen LogP contribution in [0.3, 0.4) is 0 Å². The standard InChI is InChI=1S/C17H17NO4/c1-13-8-16(20)9-14(2)18(13)17(22-12-21-11-19)10-15-6-4-3-5-7-15/h3-11H,12H2,1-2H3. The molecule has 0 aliphatic heterocycles. The number of carbonyl (C=O) groups excluding carboxylic acids is 1.